The second kappa shape index (κ2) is 12.7. The van der Waals surface area contributed by atoms with Gasteiger partial charge in [0.15, 0.2) is 0 Å². The van der Waals surface area contributed by atoms with Crippen molar-refractivity contribution in [3.05, 3.63) is 79.5 Å². The molecule has 9 heteroatoms. The first kappa shape index (κ1) is 25.9. The molecule has 0 fully saturated rings. The largest absolute Gasteiger partial charge is 0.489 e. The summed E-state index contributed by atoms with van der Waals surface area (Å²) in [5, 5.41) is 0. The van der Waals surface area contributed by atoms with Gasteiger partial charge < -0.3 is 14.4 Å². The molecule has 0 N–H and O–H groups in total. The zero-order valence-corrected chi connectivity index (χ0v) is 20.9. The van der Waals surface area contributed by atoms with Crippen LogP contribution in [0.1, 0.15) is 31.9 Å². The summed E-state index contributed by atoms with van der Waals surface area (Å²) in [6, 6.07) is 11.1. The number of likely N-dealkylation sites (N-methyl/N-ethyl adjacent to an activating group) is 1. The fourth-order valence-electron chi connectivity index (χ4n) is 3.35. The van der Waals surface area contributed by atoms with Crippen LogP contribution >= 0.6 is 11.3 Å². The molecule has 0 aliphatic carbocycles. The van der Waals surface area contributed by atoms with E-state index in [1.807, 2.05) is 50.2 Å². The van der Waals surface area contributed by atoms with Gasteiger partial charge >= 0.3 is 5.97 Å². The first-order valence-corrected chi connectivity index (χ1v) is 12.3. The van der Waals surface area contributed by atoms with E-state index in [0.29, 0.717) is 34.6 Å². The molecule has 2 heterocycles. The Hall–Kier alpha value is -3.72. The number of rotatable bonds is 10. The maximum Gasteiger partial charge on any atom is 0.333 e. The van der Waals surface area contributed by atoms with Crippen LogP contribution in [-0.2, 0) is 27.5 Å². The van der Waals surface area contributed by atoms with Crippen LogP contribution in [0.25, 0.3) is 12.2 Å². The molecule has 2 aromatic heterocycles. The van der Waals surface area contributed by atoms with E-state index in [0.717, 1.165) is 22.5 Å². The minimum atomic E-state index is -0.556. The van der Waals surface area contributed by atoms with Crippen molar-refractivity contribution in [2.75, 3.05) is 19.7 Å². The van der Waals surface area contributed by atoms with Crippen LogP contribution in [0, 0.1) is 0 Å². The van der Waals surface area contributed by atoms with Crippen LogP contribution in [0.15, 0.2) is 53.6 Å². The van der Waals surface area contributed by atoms with E-state index in [1.54, 1.807) is 30.3 Å². The molecule has 0 saturated heterocycles. The predicted molar refractivity (Wildman–Crippen MR) is 135 cm³/mol. The summed E-state index contributed by atoms with van der Waals surface area (Å²) < 4.78 is 12.9. The van der Waals surface area contributed by atoms with Gasteiger partial charge in [0.25, 0.3) is 5.56 Å². The number of amides is 1. The molecule has 0 saturated carbocycles. The normalized spacial score (nSPS) is 12.0. The number of pyridine rings is 1. The zero-order chi connectivity index (χ0) is 25.2. The SMILES string of the molecule is CCOC(=O)/C=c1/s/c(=C/c2ccc(OCc3ccncc3)cc2)c(=O)n1CC(=O)N(CC)CC. The number of benzene rings is 1. The van der Waals surface area contributed by atoms with Crippen molar-refractivity contribution in [1.29, 1.82) is 0 Å². The number of carbonyl (C=O) groups excluding carboxylic acids is 2. The Balaban J connectivity index is 1.89. The van der Waals surface area contributed by atoms with Gasteiger partial charge in [-0.1, -0.05) is 12.1 Å². The van der Waals surface area contributed by atoms with E-state index >= 15 is 0 Å². The molecular weight excluding hydrogens is 466 g/mol. The summed E-state index contributed by atoms with van der Waals surface area (Å²) in [5.41, 5.74) is 1.48. The minimum Gasteiger partial charge on any atom is -0.489 e. The van der Waals surface area contributed by atoms with Crippen molar-refractivity contribution < 1.29 is 19.1 Å². The molecule has 1 aromatic carbocycles. The van der Waals surface area contributed by atoms with Gasteiger partial charge in [-0.25, -0.2) is 4.79 Å². The Labute approximate surface area is 207 Å². The van der Waals surface area contributed by atoms with Gasteiger partial charge in [0, 0.05) is 25.5 Å². The molecule has 3 aromatic rings. The van der Waals surface area contributed by atoms with Crippen molar-refractivity contribution in [2.24, 2.45) is 0 Å². The summed E-state index contributed by atoms with van der Waals surface area (Å²) in [6.45, 7) is 7.06. The standard InChI is InChI=1S/C26H29N3O5S/c1-4-28(5-2)23(30)17-29-24(16-25(31)33-6-3)35-22(26(29)32)15-19-7-9-21(10-8-19)34-18-20-11-13-27-14-12-20/h7-16H,4-6,17-18H2,1-3H3/b22-15+,24-16+. The summed E-state index contributed by atoms with van der Waals surface area (Å²) in [7, 11) is 0. The maximum atomic E-state index is 13.2. The van der Waals surface area contributed by atoms with Crippen LogP contribution in [0.2, 0.25) is 0 Å². The molecule has 0 spiro atoms. The molecule has 0 unspecified atom stereocenters. The molecule has 184 valence electrons. The predicted octanol–water partition coefficient (Wildman–Crippen LogP) is 1.92. The highest BCUT2D eigenvalue weighted by Gasteiger charge is 2.15. The second-order valence-electron chi connectivity index (χ2n) is 7.52. The van der Waals surface area contributed by atoms with Crippen molar-refractivity contribution in [3.8, 4) is 5.75 Å². The lowest BCUT2D eigenvalue weighted by Crippen LogP contribution is -2.40. The summed E-state index contributed by atoms with van der Waals surface area (Å²) in [6.07, 6.45) is 6.43. The summed E-state index contributed by atoms with van der Waals surface area (Å²) >= 11 is 1.15. The Morgan fingerprint density at radius 2 is 1.74 bits per heavy atom. The van der Waals surface area contributed by atoms with Crippen molar-refractivity contribution >= 4 is 35.4 Å². The van der Waals surface area contributed by atoms with Gasteiger partial charge in [-0.3, -0.25) is 19.1 Å². The molecular formula is C26H29N3O5S. The Bertz CT molecular complexity index is 1310. The average Bonchev–Trinajstić information content (AvgIpc) is 3.13. The molecule has 35 heavy (non-hydrogen) atoms. The molecule has 8 nitrogen and oxygen atoms in total. The monoisotopic (exact) mass is 495 g/mol. The van der Waals surface area contributed by atoms with E-state index in [4.69, 9.17) is 9.47 Å². The van der Waals surface area contributed by atoms with Gasteiger partial charge in [-0.2, -0.15) is 0 Å². The quantitative estimate of drug-likeness (QED) is 0.399. The lowest BCUT2D eigenvalue weighted by molar-refractivity contribution is -0.135. The van der Waals surface area contributed by atoms with Crippen molar-refractivity contribution in [2.45, 2.75) is 33.9 Å². The van der Waals surface area contributed by atoms with Crippen LogP contribution in [0.3, 0.4) is 0 Å². The van der Waals surface area contributed by atoms with Crippen LogP contribution in [0.4, 0.5) is 0 Å². The second-order valence-corrected chi connectivity index (χ2v) is 8.58. The first-order valence-electron chi connectivity index (χ1n) is 11.4. The van der Waals surface area contributed by atoms with Crippen molar-refractivity contribution in [1.82, 2.24) is 14.5 Å². The van der Waals surface area contributed by atoms with E-state index < -0.39 is 5.97 Å². The molecule has 0 atom stereocenters. The summed E-state index contributed by atoms with van der Waals surface area (Å²) in [4.78, 5) is 43.5. The Morgan fingerprint density at radius 3 is 2.37 bits per heavy atom. The first-order chi connectivity index (χ1) is 16.9. The van der Waals surface area contributed by atoms with Gasteiger partial charge in [-0.15, -0.1) is 11.3 Å². The number of ether oxygens (including phenoxy) is 2. The fourth-order valence-corrected chi connectivity index (χ4v) is 4.38. The number of nitrogens with zero attached hydrogens (tertiary/aromatic N) is 3. The third-order valence-electron chi connectivity index (χ3n) is 5.21. The molecule has 0 aliphatic rings. The number of thiazole rings is 1. The highest BCUT2D eigenvalue weighted by molar-refractivity contribution is 7.07. The number of aromatic nitrogens is 2. The van der Waals surface area contributed by atoms with Gasteiger partial charge in [-0.05, 0) is 62.2 Å². The van der Waals surface area contributed by atoms with Crippen LogP contribution < -0.4 is 19.5 Å². The van der Waals surface area contributed by atoms with Gasteiger partial charge in [0.1, 0.15) is 23.6 Å². The number of carbonyl (C=O) groups is 2. The topological polar surface area (TPSA) is 90.7 Å². The number of esters is 1. The number of hydrogen-bond donors (Lipinski definition) is 0. The highest BCUT2D eigenvalue weighted by atomic mass is 32.1. The minimum absolute atomic E-state index is 0.141. The van der Waals surface area contributed by atoms with Crippen LogP contribution in [-0.4, -0.2) is 46.0 Å². The highest BCUT2D eigenvalue weighted by Crippen LogP contribution is 2.14. The Kier molecular flexibility index (Phi) is 9.37. The molecule has 0 aliphatic heterocycles. The van der Waals surface area contributed by atoms with E-state index in [9.17, 15) is 14.4 Å². The van der Waals surface area contributed by atoms with E-state index in [1.165, 1.54) is 10.6 Å². The zero-order valence-electron chi connectivity index (χ0n) is 20.1. The summed E-state index contributed by atoms with van der Waals surface area (Å²) in [5.74, 6) is -0.0422. The Morgan fingerprint density at radius 1 is 1.06 bits per heavy atom. The van der Waals surface area contributed by atoms with Gasteiger partial charge in [0.2, 0.25) is 5.91 Å². The molecule has 0 radical (unpaired) electrons. The van der Waals surface area contributed by atoms with Crippen molar-refractivity contribution in [3.63, 3.8) is 0 Å². The average molecular weight is 496 g/mol. The molecule has 3 rings (SSSR count). The lowest BCUT2D eigenvalue weighted by Gasteiger charge is -2.18. The van der Waals surface area contributed by atoms with E-state index in [-0.39, 0.29) is 24.6 Å². The maximum absolute atomic E-state index is 13.2. The number of hydrogen-bond acceptors (Lipinski definition) is 7. The molecule has 0 bridgehead atoms. The van der Waals surface area contributed by atoms with Crippen LogP contribution in [0.5, 0.6) is 5.75 Å². The lowest BCUT2D eigenvalue weighted by atomic mass is 10.2. The fraction of sp³-hybridized carbons (Fsp3) is 0.308. The van der Waals surface area contributed by atoms with E-state index in [2.05, 4.69) is 4.98 Å². The smallest absolute Gasteiger partial charge is 0.333 e. The third-order valence-corrected chi connectivity index (χ3v) is 6.27. The molecule has 1 amide bonds. The third kappa shape index (κ3) is 7.13. The van der Waals surface area contributed by atoms with Gasteiger partial charge in [0.05, 0.1) is 17.2 Å².